The van der Waals surface area contributed by atoms with Crippen LogP contribution in [0.25, 0.3) is 0 Å². The summed E-state index contributed by atoms with van der Waals surface area (Å²) in [4.78, 5) is 0. The van der Waals surface area contributed by atoms with Crippen LogP contribution >= 0.6 is 0 Å². The molecule has 7 heteroatoms. The van der Waals surface area contributed by atoms with E-state index >= 15 is 0 Å². The molecule has 2 nitrogen and oxygen atoms in total. The van der Waals surface area contributed by atoms with Crippen LogP contribution in [0.5, 0.6) is 0 Å². The van der Waals surface area contributed by atoms with Gasteiger partial charge in [-0.1, -0.05) is 93.9 Å². The zero-order valence-electron chi connectivity index (χ0n) is 26.5. The van der Waals surface area contributed by atoms with E-state index in [-0.39, 0.29) is 75.0 Å². The Morgan fingerprint density at radius 1 is 0.270 bits per heavy atom. The van der Waals surface area contributed by atoms with Crippen LogP contribution in [0.2, 0.25) is 0 Å². The maximum Gasteiger partial charge on any atom is 0.0786 e. The SMILES string of the molecule is CCCC[N+](CCC)(CCCC)CCCC.CCCC[N+](CCC)(CCCC)CCCC.[Mo].[S-2].[S-2].[S-2].[S-2]. The molecule has 0 atom stereocenters. The van der Waals surface area contributed by atoms with E-state index in [4.69, 9.17) is 0 Å². The van der Waals surface area contributed by atoms with Crippen molar-refractivity contribution >= 4 is 54.0 Å². The molecule has 0 saturated carbocycles. The standard InChI is InChI=1S/2C15H34N.Mo.4S/c2*1-5-9-13-16(12-8-4,14-10-6-2)15-11-7-3;;;;;/h2*5-15H2,1-4H3;;;;;/q2*+1;;4*-2. The molecule has 0 saturated heterocycles. The first-order chi connectivity index (χ1) is 15.5. The molecular formula is C30H68MoN2S4-6. The van der Waals surface area contributed by atoms with Gasteiger partial charge in [0.05, 0.1) is 52.4 Å². The molecule has 0 aliphatic carbocycles. The van der Waals surface area contributed by atoms with E-state index in [0.717, 1.165) is 0 Å². The summed E-state index contributed by atoms with van der Waals surface area (Å²) in [6.07, 6.45) is 19.2. The smallest absolute Gasteiger partial charge is 0.0786 e. The molecule has 0 amide bonds. The predicted octanol–water partition coefficient (Wildman–Crippen LogP) is 9.21. The van der Waals surface area contributed by atoms with E-state index < -0.39 is 0 Å². The summed E-state index contributed by atoms with van der Waals surface area (Å²) < 4.78 is 2.82. The van der Waals surface area contributed by atoms with Gasteiger partial charge in [0.1, 0.15) is 0 Å². The van der Waals surface area contributed by atoms with Gasteiger partial charge in [0.15, 0.2) is 0 Å². The molecule has 0 spiro atoms. The van der Waals surface area contributed by atoms with Crippen LogP contribution in [-0.4, -0.2) is 61.3 Å². The Kier molecular flexibility index (Phi) is 59.7. The third-order valence-electron chi connectivity index (χ3n) is 7.31. The molecule has 0 radical (unpaired) electrons. The van der Waals surface area contributed by atoms with Crippen molar-refractivity contribution in [2.45, 2.75) is 145 Å². The van der Waals surface area contributed by atoms with Gasteiger partial charge in [0.2, 0.25) is 0 Å². The summed E-state index contributed by atoms with van der Waals surface area (Å²) in [5.74, 6) is 0. The van der Waals surface area contributed by atoms with Gasteiger partial charge in [0.25, 0.3) is 0 Å². The number of hydrogen-bond acceptors (Lipinski definition) is 0. The summed E-state index contributed by atoms with van der Waals surface area (Å²) >= 11 is 0. The van der Waals surface area contributed by atoms with Gasteiger partial charge in [-0.3, -0.25) is 0 Å². The Labute approximate surface area is 279 Å². The predicted molar refractivity (Wildman–Crippen MR) is 179 cm³/mol. The molecule has 0 unspecified atom stereocenters. The van der Waals surface area contributed by atoms with E-state index in [1.54, 1.807) is 0 Å². The molecule has 0 aliphatic heterocycles. The van der Waals surface area contributed by atoms with Crippen molar-refractivity contribution in [2.24, 2.45) is 0 Å². The maximum absolute atomic E-state index is 2.34. The van der Waals surface area contributed by atoms with Crippen LogP contribution in [0.3, 0.4) is 0 Å². The van der Waals surface area contributed by atoms with Gasteiger partial charge >= 0.3 is 0 Å². The van der Waals surface area contributed by atoms with Gasteiger partial charge in [-0.25, -0.2) is 0 Å². The Morgan fingerprint density at radius 3 is 0.541 bits per heavy atom. The molecular weight excluding hydrogens is 613 g/mol. The van der Waals surface area contributed by atoms with Gasteiger partial charge in [-0.05, 0) is 51.4 Å². The van der Waals surface area contributed by atoms with Crippen molar-refractivity contribution < 1.29 is 30.0 Å². The summed E-state index contributed by atoms with van der Waals surface area (Å²) in [6.45, 7) is 29.9. The quantitative estimate of drug-likeness (QED) is 0.0790. The fraction of sp³-hybridized carbons (Fsp3) is 1.00. The van der Waals surface area contributed by atoms with Crippen molar-refractivity contribution in [1.29, 1.82) is 0 Å². The minimum absolute atomic E-state index is 0. The van der Waals surface area contributed by atoms with Gasteiger partial charge in [0, 0.05) is 21.1 Å². The molecule has 0 aromatic heterocycles. The first-order valence-corrected chi connectivity index (χ1v) is 15.2. The Hall–Kier alpha value is 2.01. The molecule has 0 fully saturated rings. The fourth-order valence-corrected chi connectivity index (χ4v) is 5.25. The molecule has 0 rings (SSSR count). The van der Waals surface area contributed by atoms with Crippen LogP contribution in [0.1, 0.15) is 145 Å². The number of hydrogen-bond donors (Lipinski definition) is 0. The van der Waals surface area contributed by atoms with Crippen LogP contribution in [0.4, 0.5) is 0 Å². The van der Waals surface area contributed by atoms with Gasteiger partial charge < -0.3 is 62.9 Å². The van der Waals surface area contributed by atoms with E-state index in [1.807, 2.05) is 0 Å². The molecule has 0 bridgehead atoms. The zero-order chi connectivity index (χ0) is 24.6. The summed E-state index contributed by atoms with van der Waals surface area (Å²) in [5.41, 5.74) is 0. The van der Waals surface area contributed by atoms with E-state index in [2.05, 4.69) is 55.4 Å². The van der Waals surface area contributed by atoms with Gasteiger partial charge in [-0.15, -0.1) is 0 Å². The van der Waals surface area contributed by atoms with Gasteiger partial charge in [-0.2, -0.15) is 0 Å². The van der Waals surface area contributed by atoms with Crippen LogP contribution in [0, 0.1) is 0 Å². The third kappa shape index (κ3) is 30.8. The molecule has 0 N–H and O–H groups in total. The number of rotatable bonds is 22. The molecule has 0 heterocycles. The Bertz CT molecular complexity index is 300. The monoisotopic (exact) mass is 682 g/mol. The topological polar surface area (TPSA) is 0 Å². The Morgan fingerprint density at radius 2 is 0.432 bits per heavy atom. The minimum atomic E-state index is 0. The van der Waals surface area contributed by atoms with E-state index in [0.29, 0.717) is 0 Å². The van der Waals surface area contributed by atoms with Crippen molar-refractivity contribution in [3.8, 4) is 0 Å². The molecule has 37 heavy (non-hydrogen) atoms. The average molecular weight is 681 g/mol. The van der Waals surface area contributed by atoms with E-state index in [1.165, 1.54) is 151 Å². The molecule has 0 aliphatic rings. The summed E-state index contributed by atoms with van der Waals surface area (Å²) in [6, 6.07) is 0. The molecule has 0 aromatic rings. The minimum Gasteiger partial charge on any atom is -2.00 e. The van der Waals surface area contributed by atoms with Crippen LogP contribution in [-0.2, 0) is 75.0 Å². The second-order valence-corrected chi connectivity index (χ2v) is 10.6. The second kappa shape index (κ2) is 40.1. The summed E-state index contributed by atoms with van der Waals surface area (Å²) in [5, 5.41) is 0. The molecule has 234 valence electrons. The zero-order valence-corrected chi connectivity index (χ0v) is 31.8. The van der Waals surface area contributed by atoms with Crippen molar-refractivity contribution in [1.82, 2.24) is 0 Å². The number of quaternary nitrogens is 2. The van der Waals surface area contributed by atoms with Crippen LogP contribution < -0.4 is 0 Å². The third-order valence-corrected chi connectivity index (χ3v) is 7.31. The Balaban J connectivity index is -0.0000000857. The molecule has 0 aromatic carbocycles. The van der Waals surface area contributed by atoms with Crippen molar-refractivity contribution in [3.63, 3.8) is 0 Å². The first-order valence-electron chi connectivity index (χ1n) is 15.2. The second-order valence-electron chi connectivity index (χ2n) is 10.6. The number of unbranched alkanes of at least 4 members (excludes halogenated alkanes) is 6. The maximum atomic E-state index is 2.34. The van der Waals surface area contributed by atoms with E-state index in [9.17, 15) is 0 Å². The van der Waals surface area contributed by atoms with Crippen LogP contribution in [0.15, 0.2) is 0 Å². The number of nitrogens with zero attached hydrogens (tertiary/aromatic N) is 2. The van der Waals surface area contributed by atoms with Crippen molar-refractivity contribution in [3.05, 3.63) is 0 Å². The van der Waals surface area contributed by atoms with Crippen molar-refractivity contribution in [2.75, 3.05) is 52.4 Å². The average Bonchev–Trinajstić information content (AvgIpc) is 2.81. The normalized spacial score (nSPS) is 10.4. The fourth-order valence-electron chi connectivity index (χ4n) is 5.25. The largest absolute Gasteiger partial charge is 2.00 e. The first kappa shape index (κ1) is 55.0. The summed E-state index contributed by atoms with van der Waals surface area (Å²) in [7, 11) is 0.